The minimum Gasteiger partial charge on any atom is -0.506 e. The van der Waals surface area contributed by atoms with Crippen LogP contribution in [0.25, 0.3) is 10.8 Å². The van der Waals surface area contributed by atoms with Gasteiger partial charge in [0.05, 0.1) is 10.2 Å². The maximum Gasteiger partial charge on any atom is 0.152 e. The molecule has 5 nitrogen and oxygen atoms in total. The Morgan fingerprint density at radius 2 is 1.55 bits per heavy atom. The molecule has 0 radical (unpaired) electrons. The first-order valence-corrected chi connectivity index (χ1v) is 7.26. The van der Waals surface area contributed by atoms with Crippen LogP contribution in [0.3, 0.4) is 0 Å². The number of hydrogen-bond acceptors (Lipinski definition) is 5. The van der Waals surface area contributed by atoms with Gasteiger partial charge in [-0.1, -0.05) is 30.3 Å². The van der Waals surface area contributed by atoms with Gasteiger partial charge in [-0.15, -0.1) is 5.11 Å². The van der Waals surface area contributed by atoms with E-state index in [4.69, 9.17) is 5.73 Å². The third-order valence-corrected chi connectivity index (χ3v) is 3.96. The molecule has 4 N–H and O–H groups in total. The molecule has 0 aliphatic heterocycles. The number of nitrogen functional groups attached to an aromatic ring is 1. The first kappa shape index (κ1) is 14.3. The number of nitrogens with zero attached hydrogens (tertiary/aromatic N) is 2. The molecule has 0 aliphatic carbocycles. The van der Waals surface area contributed by atoms with Crippen molar-refractivity contribution >= 4 is 43.8 Å². The molecule has 0 heterocycles. The van der Waals surface area contributed by atoms with Crippen LogP contribution < -0.4 is 5.73 Å². The van der Waals surface area contributed by atoms with Gasteiger partial charge in [-0.05, 0) is 34.1 Å². The number of phenolic OH excluding ortho intramolecular Hbond substituents is 2. The number of fused-ring (bicyclic) bond motifs is 1. The van der Waals surface area contributed by atoms with Gasteiger partial charge in [0.2, 0.25) is 0 Å². The molecule has 0 saturated carbocycles. The average Bonchev–Trinajstić information content (AvgIpc) is 2.53. The summed E-state index contributed by atoms with van der Waals surface area (Å²) in [6.45, 7) is 0. The van der Waals surface area contributed by atoms with E-state index in [0.29, 0.717) is 22.1 Å². The summed E-state index contributed by atoms with van der Waals surface area (Å²) in [4.78, 5) is 0. The lowest BCUT2D eigenvalue weighted by atomic mass is 10.1. The summed E-state index contributed by atoms with van der Waals surface area (Å²) >= 11 is 3.25. The van der Waals surface area contributed by atoms with Gasteiger partial charge in [0.1, 0.15) is 11.4 Å². The molecule has 0 fully saturated rings. The number of rotatable bonds is 2. The van der Waals surface area contributed by atoms with Crippen molar-refractivity contribution in [1.29, 1.82) is 0 Å². The zero-order chi connectivity index (χ0) is 15.7. The summed E-state index contributed by atoms with van der Waals surface area (Å²) in [5.41, 5.74) is 6.98. The lowest BCUT2D eigenvalue weighted by molar-refractivity contribution is 0.467. The van der Waals surface area contributed by atoms with Crippen LogP contribution in [0, 0.1) is 0 Å². The second-order valence-electron chi connectivity index (χ2n) is 4.70. The number of anilines is 1. The molecule has 3 rings (SSSR count). The molecule has 22 heavy (non-hydrogen) atoms. The zero-order valence-corrected chi connectivity index (χ0v) is 12.9. The predicted octanol–water partition coefficient (Wildman–Crippen LogP) is 5.01. The van der Waals surface area contributed by atoms with E-state index in [9.17, 15) is 10.2 Å². The molecule has 0 spiro atoms. The fraction of sp³-hybridized carbons (Fsp3) is 0. The molecule has 0 aliphatic rings. The summed E-state index contributed by atoms with van der Waals surface area (Å²) in [5, 5.41) is 29.7. The maximum absolute atomic E-state index is 10.4. The van der Waals surface area contributed by atoms with Gasteiger partial charge in [-0.2, -0.15) is 5.11 Å². The van der Waals surface area contributed by atoms with E-state index in [0.717, 1.165) is 0 Å². The van der Waals surface area contributed by atoms with Gasteiger partial charge in [0.25, 0.3) is 0 Å². The molecule has 6 heteroatoms. The van der Waals surface area contributed by atoms with Crippen LogP contribution in [0.5, 0.6) is 11.5 Å². The van der Waals surface area contributed by atoms with Crippen LogP contribution in [0.15, 0.2) is 63.2 Å². The van der Waals surface area contributed by atoms with Gasteiger partial charge in [-0.25, -0.2) is 0 Å². The van der Waals surface area contributed by atoms with E-state index in [-0.39, 0.29) is 21.7 Å². The minimum atomic E-state index is -0.0482. The van der Waals surface area contributed by atoms with E-state index < -0.39 is 0 Å². The van der Waals surface area contributed by atoms with Crippen molar-refractivity contribution in [2.75, 3.05) is 5.73 Å². The minimum absolute atomic E-state index is 0.00919. The van der Waals surface area contributed by atoms with Crippen molar-refractivity contribution in [2.24, 2.45) is 10.2 Å². The van der Waals surface area contributed by atoms with Gasteiger partial charge in [-0.3, -0.25) is 0 Å². The zero-order valence-electron chi connectivity index (χ0n) is 11.4. The molecular formula is C16H12BrN3O2. The second kappa shape index (κ2) is 5.65. The Kier molecular flexibility index (Phi) is 3.68. The Hall–Kier alpha value is -2.60. The van der Waals surface area contributed by atoms with Crippen molar-refractivity contribution in [2.45, 2.75) is 0 Å². The molecule has 110 valence electrons. The number of aromatic hydroxyl groups is 2. The highest BCUT2D eigenvalue weighted by Crippen LogP contribution is 2.48. The summed E-state index contributed by atoms with van der Waals surface area (Å²) in [6, 6.07) is 13.9. The molecule has 0 saturated heterocycles. The molecule has 0 amide bonds. The van der Waals surface area contributed by atoms with Crippen molar-refractivity contribution in [1.82, 2.24) is 0 Å². The average molecular weight is 358 g/mol. The molecule has 3 aromatic carbocycles. The number of halogens is 1. The van der Waals surface area contributed by atoms with E-state index >= 15 is 0 Å². The fourth-order valence-electron chi connectivity index (χ4n) is 2.14. The lowest BCUT2D eigenvalue weighted by Gasteiger charge is -2.09. The number of phenols is 2. The van der Waals surface area contributed by atoms with Crippen LogP contribution in [0.1, 0.15) is 0 Å². The molecule has 0 aromatic heterocycles. The van der Waals surface area contributed by atoms with Crippen molar-refractivity contribution in [3.63, 3.8) is 0 Å². The van der Waals surface area contributed by atoms with Crippen molar-refractivity contribution < 1.29 is 10.2 Å². The fourth-order valence-corrected chi connectivity index (χ4v) is 2.62. The molecular weight excluding hydrogens is 346 g/mol. The van der Waals surface area contributed by atoms with Crippen molar-refractivity contribution in [3.05, 3.63) is 53.0 Å². The highest BCUT2D eigenvalue weighted by Gasteiger charge is 2.16. The molecule has 0 unspecified atom stereocenters. The largest absolute Gasteiger partial charge is 0.506 e. The lowest BCUT2D eigenvalue weighted by Crippen LogP contribution is -1.81. The predicted molar refractivity (Wildman–Crippen MR) is 90.0 cm³/mol. The van der Waals surface area contributed by atoms with Gasteiger partial charge < -0.3 is 15.9 Å². The first-order valence-electron chi connectivity index (χ1n) is 6.47. The maximum atomic E-state index is 10.4. The normalized spacial score (nSPS) is 11.3. The van der Waals surface area contributed by atoms with E-state index in [2.05, 4.69) is 26.2 Å². The third-order valence-electron chi connectivity index (χ3n) is 3.21. The summed E-state index contributed by atoms with van der Waals surface area (Å²) in [6.07, 6.45) is 0. The van der Waals surface area contributed by atoms with E-state index in [1.54, 1.807) is 48.5 Å². The molecule has 0 atom stereocenters. The summed E-state index contributed by atoms with van der Waals surface area (Å²) < 4.78 is 0.288. The van der Waals surface area contributed by atoms with Crippen molar-refractivity contribution in [3.8, 4) is 11.5 Å². The van der Waals surface area contributed by atoms with Crippen LogP contribution >= 0.6 is 15.9 Å². The highest BCUT2D eigenvalue weighted by molar-refractivity contribution is 9.10. The van der Waals surface area contributed by atoms with Crippen LogP contribution in [0.4, 0.5) is 17.1 Å². The number of hydrogen-bond donors (Lipinski definition) is 3. The number of nitrogens with two attached hydrogens (primary N) is 1. The second-order valence-corrected chi connectivity index (χ2v) is 5.49. The van der Waals surface area contributed by atoms with Crippen LogP contribution in [0.2, 0.25) is 0 Å². The number of benzene rings is 3. The van der Waals surface area contributed by atoms with Gasteiger partial charge >= 0.3 is 0 Å². The van der Waals surface area contributed by atoms with E-state index in [1.807, 2.05) is 0 Å². The monoisotopic (exact) mass is 357 g/mol. The highest BCUT2D eigenvalue weighted by atomic mass is 79.9. The smallest absolute Gasteiger partial charge is 0.152 e. The topological polar surface area (TPSA) is 91.2 Å². The van der Waals surface area contributed by atoms with Gasteiger partial charge in [0, 0.05) is 16.5 Å². The summed E-state index contributed by atoms with van der Waals surface area (Å²) in [5.74, 6) is -0.0390. The van der Waals surface area contributed by atoms with Gasteiger partial charge in [0.15, 0.2) is 5.75 Å². The van der Waals surface area contributed by atoms with E-state index in [1.165, 1.54) is 0 Å². The molecule has 3 aromatic rings. The SMILES string of the molecule is Nc1cccc(N=Nc2c(Br)c(O)c3ccccc3c2O)c1. The Balaban J connectivity index is 2.15. The number of azo groups is 1. The third kappa shape index (κ3) is 2.48. The summed E-state index contributed by atoms with van der Waals surface area (Å²) in [7, 11) is 0. The quantitative estimate of drug-likeness (QED) is 0.342. The first-order chi connectivity index (χ1) is 10.6. The Morgan fingerprint density at radius 3 is 2.23 bits per heavy atom. The van der Waals surface area contributed by atoms with Crippen LogP contribution in [-0.4, -0.2) is 10.2 Å². The Labute approximate surface area is 134 Å². The Bertz CT molecular complexity index is 894. The standard InChI is InChI=1S/C16H12BrN3O2/c17-13-14(20-19-10-5-3-4-9(18)8-10)16(22)12-7-2-1-6-11(12)15(13)21/h1-8,21-22H,18H2. The molecule has 0 bridgehead atoms. The van der Waals surface area contributed by atoms with Crippen LogP contribution in [-0.2, 0) is 0 Å². The Morgan fingerprint density at radius 1 is 0.864 bits per heavy atom.